The van der Waals surface area contributed by atoms with Gasteiger partial charge in [-0.25, -0.2) is 12.7 Å². The largest absolute Gasteiger partial charge is 0.495 e. The fraction of sp³-hybridized carbons (Fsp3) is 0.562. The van der Waals surface area contributed by atoms with Gasteiger partial charge in [-0.1, -0.05) is 13.8 Å². The Bertz CT molecular complexity index is 699. The van der Waals surface area contributed by atoms with Crippen LogP contribution in [0.25, 0.3) is 0 Å². The van der Waals surface area contributed by atoms with Crippen molar-refractivity contribution in [3.8, 4) is 5.75 Å². The van der Waals surface area contributed by atoms with E-state index in [2.05, 4.69) is 0 Å². The van der Waals surface area contributed by atoms with Gasteiger partial charge in [0.25, 0.3) is 5.91 Å². The predicted molar refractivity (Wildman–Crippen MR) is 93.7 cm³/mol. The molecule has 0 aliphatic carbocycles. The van der Waals surface area contributed by atoms with Crippen LogP contribution in [0.3, 0.4) is 0 Å². The molecule has 0 heterocycles. The van der Waals surface area contributed by atoms with Crippen LogP contribution in [-0.4, -0.2) is 64.9 Å². The summed E-state index contributed by atoms with van der Waals surface area (Å²) in [5.74, 6) is -0.0698. The summed E-state index contributed by atoms with van der Waals surface area (Å²) >= 11 is 0. The lowest BCUT2D eigenvalue weighted by Crippen LogP contribution is -2.39. The molecular weight excluding hydrogens is 330 g/mol. The van der Waals surface area contributed by atoms with Gasteiger partial charge >= 0.3 is 0 Å². The molecule has 8 heteroatoms. The molecule has 7 nitrogen and oxygen atoms in total. The van der Waals surface area contributed by atoms with Crippen LogP contribution in [0.4, 0.5) is 0 Å². The molecule has 0 radical (unpaired) electrons. The molecular formula is C16H27N3O4S. The van der Waals surface area contributed by atoms with Crippen LogP contribution in [0.15, 0.2) is 23.1 Å². The van der Waals surface area contributed by atoms with Crippen LogP contribution < -0.4 is 10.5 Å². The predicted octanol–water partition coefficient (Wildman–Crippen LogP) is 1.00. The Hall–Kier alpha value is -1.64. The Labute approximate surface area is 144 Å². The number of carbonyl (C=O) groups excluding carboxylic acids is 1. The summed E-state index contributed by atoms with van der Waals surface area (Å²) in [6.07, 6.45) is 0. The first-order valence-corrected chi connectivity index (χ1v) is 8.96. The van der Waals surface area contributed by atoms with E-state index in [4.69, 9.17) is 10.5 Å². The second kappa shape index (κ2) is 7.50. The zero-order valence-corrected chi connectivity index (χ0v) is 16.0. The van der Waals surface area contributed by atoms with Crippen LogP contribution >= 0.6 is 0 Å². The molecule has 24 heavy (non-hydrogen) atoms. The number of rotatable bonds is 7. The molecule has 0 fully saturated rings. The minimum Gasteiger partial charge on any atom is -0.495 e. The lowest BCUT2D eigenvalue weighted by atomic mass is 9.93. The van der Waals surface area contributed by atoms with Gasteiger partial charge in [0.15, 0.2) is 0 Å². The van der Waals surface area contributed by atoms with E-state index in [1.807, 2.05) is 13.8 Å². The van der Waals surface area contributed by atoms with E-state index in [1.54, 1.807) is 18.0 Å². The minimum absolute atomic E-state index is 0.0349. The first kappa shape index (κ1) is 20.4. The number of methoxy groups -OCH3 is 1. The molecule has 0 atom stereocenters. The maximum absolute atomic E-state index is 12.6. The van der Waals surface area contributed by atoms with Gasteiger partial charge < -0.3 is 15.4 Å². The van der Waals surface area contributed by atoms with Crippen LogP contribution in [0.5, 0.6) is 5.75 Å². The maximum atomic E-state index is 12.6. The third-order valence-corrected chi connectivity index (χ3v) is 5.57. The average Bonchev–Trinajstić information content (AvgIpc) is 2.52. The number of nitrogens with zero attached hydrogens (tertiary/aromatic N) is 2. The summed E-state index contributed by atoms with van der Waals surface area (Å²) in [5.41, 5.74) is 5.76. The van der Waals surface area contributed by atoms with Crippen molar-refractivity contribution >= 4 is 15.9 Å². The smallest absolute Gasteiger partial charge is 0.253 e. The summed E-state index contributed by atoms with van der Waals surface area (Å²) in [6, 6.07) is 4.40. The highest BCUT2D eigenvalue weighted by atomic mass is 32.2. The Morgan fingerprint density at radius 3 is 2.29 bits per heavy atom. The molecule has 1 amide bonds. The lowest BCUT2D eigenvalue weighted by Gasteiger charge is -2.29. The summed E-state index contributed by atoms with van der Waals surface area (Å²) in [7, 11) is 2.20. The topological polar surface area (TPSA) is 92.9 Å². The summed E-state index contributed by atoms with van der Waals surface area (Å²) in [5, 5.41) is 0. The van der Waals surface area contributed by atoms with Crippen molar-refractivity contribution in [2.45, 2.75) is 18.7 Å². The molecule has 2 N–H and O–H groups in total. The van der Waals surface area contributed by atoms with Crippen LogP contribution in [0, 0.1) is 5.41 Å². The van der Waals surface area contributed by atoms with Crippen molar-refractivity contribution in [2.75, 3.05) is 41.3 Å². The Balaban J connectivity index is 3.25. The normalized spacial score (nSPS) is 12.3. The van der Waals surface area contributed by atoms with E-state index in [9.17, 15) is 13.2 Å². The number of amides is 1. The molecule has 1 rings (SSSR count). The first-order chi connectivity index (χ1) is 11.0. The zero-order chi connectivity index (χ0) is 18.7. The second-order valence-electron chi connectivity index (χ2n) is 6.68. The first-order valence-electron chi connectivity index (χ1n) is 7.52. The van der Waals surface area contributed by atoms with Crippen molar-refractivity contribution in [3.63, 3.8) is 0 Å². The van der Waals surface area contributed by atoms with Crippen LogP contribution in [0.1, 0.15) is 24.2 Å². The number of carbonyl (C=O) groups is 1. The van der Waals surface area contributed by atoms with Gasteiger partial charge in [-0.2, -0.15) is 0 Å². The van der Waals surface area contributed by atoms with Crippen LogP contribution in [-0.2, 0) is 10.0 Å². The lowest BCUT2D eigenvalue weighted by molar-refractivity contribution is 0.0740. The fourth-order valence-electron chi connectivity index (χ4n) is 2.21. The Morgan fingerprint density at radius 2 is 1.83 bits per heavy atom. The molecule has 0 unspecified atom stereocenters. The third-order valence-electron chi connectivity index (χ3n) is 3.73. The standard InChI is InChI=1S/C16H27N3O4S/c1-16(2,10-17)11-19(5)15(20)12-7-8-13(23-6)14(9-12)24(21,22)18(3)4/h7-9H,10-11,17H2,1-6H3. The number of ether oxygens (including phenoxy) is 1. The number of hydrogen-bond acceptors (Lipinski definition) is 5. The van der Waals surface area contributed by atoms with Gasteiger partial charge in [0.05, 0.1) is 7.11 Å². The highest BCUT2D eigenvalue weighted by Gasteiger charge is 2.26. The molecule has 0 saturated carbocycles. The van der Waals surface area contributed by atoms with E-state index < -0.39 is 10.0 Å². The van der Waals surface area contributed by atoms with Crippen molar-refractivity contribution < 1.29 is 17.9 Å². The van der Waals surface area contributed by atoms with E-state index in [1.165, 1.54) is 33.3 Å². The number of benzene rings is 1. The fourth-order valence-corrected chi connectivity index (χ4v) is 3.28. The molecule has 0 aromatic heterocycles. The zero-order valence-electron chi connectivity index (χ0n) is 15.2. The van der Waals surface area contributed by atoms with E-state index in [0.717, 1.165) is 4.31 Å². The number of hydrogen-bond donors (Lipinski definition) is 1. The highest BCUT2D eigenvalue weighted by molar-refractivity contribution is 7.89. The highest BCUT2D eigenvalue weighted by Crippen LogP contribution is 2.27. The van der Waals surface area contributed by atoms with Crippen molar-refractivity contribution in [2.24, 2.45) is 11.1 Å². The van der Waals surface area contributed by atoms with E-state index >= 15 is 0 Å². The third kappa shape index (κ3) is 4.46. The molecule has 136 valence electrons. The van der Waals surface area contributed by atoms with Gasteiger partial charge in [0.1, 0.15) is 10.6 Å². The Kier molecular flexibility index (Phi) is 6.38. The SMILES string of the molecule is COc1ccc(C(=O)N(C)CC(C)(C)CN)cc1S(=O)(=O)N(C)C. The molecule has 0 saturated heterocycles. The molecule has 1 aromatic carbocycles. The van der Waals surface area contributed by atoms with Crippen molar-refractivity contribution in [1.29, 1.82) is 0 Å². The molecule has 0 aliphatic heterocycles. The summed E-state index contributed by atoms with van der Waals surface area (Å²) < 4.78 is 31.1. The molecule has 0 spiro atoms. The van der Waals surface area contributed by atoms with Gasteiger partial charge in [-0.3, -0.25) is 4.79 Å². The summed E-state index contributed by atoms with van der Waals surface area (Å²) in [4.78, 5) is 14.1. The number of nitrogens with two attached hydrogens (primary N) is 1. The second-order valence-corrected chi connectivity index (χ2v) is 8.80. The van der Waals surface area contributed by atoms with Gasteiger partial charge in [0.2, 0.25) is 10.0 Å². The van der Waals surface area contributed by atoms with Crippen molar-refractivity contribution in [1.82, 2.24) is 9.21 Å². The quantitative estimate of drug-likeness (QED) is 0.786. The molecule has 0 bridgehead atoms. The van der Waals surface area contributed by atoms with Crippen molar-refractivity contribution in [3.05, 3.63) is 23.8 Å². The van der Waals surface area contributed by atoms with E-state index in [0.29, 0.717) is 13.1 Å². The summed E-state index contributed by atoms with van der Waals surface area (Å²) in [6.45, 7) is 4.83. The van der Waals surface area contributed by atoms with Crippen LogP contribution in [0.2, 0.25) is 0 Å². The van der Waals surface area contributed by atoms with E-state index in [-0.39, 0.29) is 27.5 Å². The van der Waals surface area contributed by atoms with Gasteiger partial charge in [-0.05, 0) is 30.2 Å². The van der Waals surface area contributed by atoms with Gasteiger partial charge in [0, 0.05) is 33.3 Å². The number of sulfonamides is 1. The Morgan fingerprint density at radius 1 is 1.25 bits per heavy atom. The minimum atomic E-state index is -3.72. The maximum Gasteiger partial charge on any atom is 0.253 e. The molecule has 0 aliphatic rings. The van der Waals surface area contributed by atoms with Gasteiger partial charge in [-0.15, -0.1) is 0 Å². The average molecular weight is 357 g/mol. The molecule has 1 aromatic rings. The monoisotopic (exact) mass is 357 g/mol.